The van der Waals surface area contributed by atoms with Gasteiger partial charge in [0.15, 0.2) is 7.00 Å². The molecule has 5 heteroatoms. The molecule has 0 radical (unpaired) electrons. The third-order valence-electron chi connectivity index (χ3n) is 7.00. The van der Waals surface area contributed by atoms with Crippen LogP contribution in [0.15, 0.2) is 121 Å². The smallest absolute Gasteiger partial charge is 0.235 e. The third kappa shape index (κ3) is 3.73. The van der Waals surface area contributed by atoms with E-state index in [1.165, 1.54) is 21.9 Å². The highest BCUT2D eigenvalue weighted by atomic mass is 31.0. The maximum Gasteiger partial charge on any atom is 0.235 e. The number of hydrogen-bond acceptors (Lipinski definition) is 2. The molecule has 0 aliphatic rings. The molecule has 0 N–H and O–H groups in total. The van der Waals surface area contributed by atoms with Crippen molar-refractivity contribution in [2.45, 2.75) is 0 Å². The molecule has 0 bridgehead atoms. The maximum atomic E-state index is 7.75. The summed E-state index contributed by atoms with van der Waals surface area (Å²) in [6.07, 6.45) is 0. The Labute approximate surface area is 219 Å². The normalized spacial score (nSPS) is 12.1. The SMILES string of the molecule is [3H]PBc1ccc2c3ccccc3n(-c3nc(-c4ccc(-c5ccccc5)cc4)c4ccccc4n3)c2c1. The lowest BCUT2D eigenvalue weighted by Gasteiger charge is -2.12. The van der Waals surface area contributed by atoms with Gasteiger partial charge in [-0.15, -0.1) is 0 Å². The Hall–Kier alpha value is -4.27. The summed E-state index contributed by atoms with van der Waals surface area (Å²) in [6.45, 7) is 0.745. The molecule has 0 amide bonds. The van der Waals surface area contributed by atoms with Crippen LogP contribution in [0.4, 0.5) is 0 Å². The predicted molar refractivity (Wildman–Crippen MR) is 161 cm³/mol. The molecule has 0 fully saturated rings. The highest BCUT2D eigenvalue weighted by Gasteiger charge is 2.17. The fourth-order valence-electron chi connectivity index (χ4n) is 5.18. The molecule has 37 heavy (non-hydrogen) atoms. The second-order valence-electron chi connectivity index (χ2n) is 9.21. The van der Waals surface area contributed by atoms with E-state index in [4.69, 9.17) is 11.2 Å². The molecule has 1 atom stereocenters. The van der Waals surface area contributed by atoms with Gasteiger partial charge < -0.3 is 0 Å². The van der Waals surface area contributed by atoms with Gasteiger partial charge in [0.05, 0.1) is 22.2 Å². The van der Waals surface area contributed by atoms with E-state index in [1.807, 2.05) is 18.2 Å². The van der Waals surface area contributed by atoms with E-state index in [0.717, 1.165) is 45.7 Å². The highest BCUT2D eigenvalue weighted by Crippen LogP contribution is 2.33. The largest absolute Gasteiger partial charge is 0.278 e. The molecule has 5 aromatic carbocycles. The van der Waals surface area contributed by atoms with Gasteiger partial charge in [0.1, 0.15) is 0 Å². The lowest BCUT2D eigenvalue weighted by atomic mass is 9.93. The third-order valence-corrected chi connectivity index (χ3v) is 7.41. The van der Waals surface area contributed by atoms with Crippen molar-refractivity contribution in [3.63, 3.8) is 0 Å². The van der Waals surface area contributed by atoms with E-state index >= 15 is 0 Å². The molecule has 2 heterocycles. The van der Waals surface area contributed by atoms with E-state index in [9.17, 15) is 0 Å². The average molecular weight is 493 g/mol. The van der Waals surface area contributed by atoms with Gasteiger partial charge in [-0.2, -0.15) is 9.06 Å². The number of hydrogen-bond donors (Lipinski definition) is 0. The van der Waals surface area contributed by atoms with E-state index < -0.39 is 0 Å². The molecule has 7 aromatic rings. The Morgan fingerprint density at radius 1 is 0.595 bits per heavy atom. The standard InChI is InChI=1S/C32H23BN3P/c37-33-24-18-19-26-25-10-5-7-13-29(25)36(30(26)20-24)32-34-28-12-6-4-11-27(28)31(35-32)23-16-14-22(15-17-23)21-8-2-1-3-9-21/h1-20,33H,37H2/i37T. The molecule has 1 unspecified atom stereocenters. The first-order chi connectivity index (χ1) is 18.8. The molecule has 0 aliphatic carbocycles. The van der Waals surface area contributed by atoms with Crippen LogP contribution in [0.1, 0.15) is 0 Å². The second-order valence-corrected chi connectivity index (χ2v) is 9.57. The van der Waals surface area contributed by atoms with Crippen molar-refractivity contribution >= 4 is 54.2 Å². The lowest BCUT2D eigenvalue weighted by Crippen LogP contribution is -2.09. The predicted octanol–water partition coefficient (Wildman–Crippen LogP) is 6.91. The first kappa shape index (κ1) is 20.9. The van der Waals surface area contributed by atoms with Crippen LogP contribution < -0.4 is 5.46 Å². The fourth-order valence-corrected chi connectivity index (χ4v) is 5.40. The summed E-state index contributed by atoms with van der Waals surface area (Å²) in [4.78, 5) is 10.3. The van der Waals surface area contributed by atoms with Gasteiger partial charge in [0, 0.05) is 23.0 Å². The number of rotatable bonds is 5. The number of fused-ring (bicyclic) bond motifs is 4. The zero-order valence-electron chi connectivity index (χ0n) is 21.1. The summed E-state index contributed by atoms with van der Waals surface area (Å²) in [5.41, 5.74) is 8.57. The Morgan fingerprint density at radius 2 is 1.27 bits per heavy atom. The number of aromatic nitrogens is 3. The first-order valence-corrected chi connectivity index (χ1v) is 13.1. The van der Waals surface area contributed by atoms with Crippen molar-refractivity contribution in [3.05, 3.63) is 121 Å². The minimum absolute atomic E-state index is 0.122. The monoisotopic (exact) mass is 493 g/mol. The molecule has 0 saturated carbocycles. The van der Waals surface area contributed by atoms with Crippen molar-refractivity contribution in [2.75, 3.05) is 0 Å². The molecule has 7 rings (SSSR count). The number of nitrogens with zero attached hydrogens (tertiary/aromatic N) is 3. The zero-order valence-corrected chi connectivity index (χ0v) is 21.1. The number of para-hydroxylation sites is 2. The first-order valence-electron chi connectivity index (χ1n) is 12.9. The quantitative estimate of drug-likeness (QED) is 0.193. The van der Waals surface area contributed by atoms with Crippen molar-refractivity contribution < 1.29 is 0 Å². The van der Waals surface area contributed by atoms with Crippen molar-refractivity contribution in [2.24, 2.45) is 0 Å². The van der Waals surface area contributed by atoms with E-state index in [2.05, 4.69) is 108 Å². The van der Waals surface area contributed by atoms with Crippen LogP contribution in [-0.4, -0.2) is 22.8 Å². The highest BCUT2D eigenvalue weighted by molar-refractivity contribution is 7.58. The van der Waals surface area contributed by atoms with E-state index in [-0.39, 0.29) is 9.06 Å². The van der Waals surface area contributed by atoms with Gasteiger partial charge in [-0.3, -0.25) is 4.57 Å². The van der Waals surface area contributed by atoms with Crippen LogP contribution in [0.5, 0.6) is 0 Å². The van der Waals surface area contributed by atoms with Crippen LogP contribution in [-0.2, 0) is 0 Å². The molecule has 0 aliphatic heterocycles. The molecule has 3 nitrogen and oxygen atoms in total. The maximum absolute atomic E-state index is 7.75. The summed E-state index contributed by atoms with van der Waals surface area (Å²) in [7, 11) is 0.122. The van der Waals surface area contributed by atoms with E-state index in [0.29, 0.717) is 5.95 Å². The zero-order chi connectivity index (χ0) is 25.5. The van der Waals surface area contributed by atoms with Crippen LogP contribution in [0.2, 0.25) is 0 Å². The Kier molecular flexibility index (Phi) is 5.08. The topological polar surface area (TPSA) is 30.7 Å². The van der Waals surface area contributed by atoms with E-state index in [1.54, 1.807) is 0 Å². The molecule has 0 spiro atoms. The summed E-state index contributed by atoms with van der Waals surface area (Å²) in [5, 5.41) is 3.37. The Bertz CT molecular complexity index is 1940. The van der Waals surface area contributed by atoms with Crippen molar-refractivity contribution in [1.82, 2.24) is 14.5 Å². The lowest BCUT2D eigenvalue weighted by molar-refractivity contribution is 1.01. The van der Waals surface area contributed by atoms with Gasteiger partial charge in [-0.25, -0.2) is 9.97 Å². The van der Waals surface area contributed by atoms with Gasteiger partial charge >= 0.3 is 0 Å². The van der Waals surface area contributed by atoms with Crippen LogP contribution >= 0.6 is 9.06 Å². The summed E-state index contributed by atoms with van der Waals surface area (Å²) >= 11 is 0. The van der Waals surface area contributed by atoms with Gasteiger partial charge in [0.25, 0.3) is 0 Å². The minimum atomic E-state index is 0.122. The summed E-state index contributed by atoms with van der Waals surface area (Å²) in [6, 6.07) is 42.2. The molecular weight excluding hydrogens is 468 g/mol. The molecule has 2 aromatic heterocycles. The Morgan fingerprint density at radius 3 is 2.11 bits per heavy atom. The van der Waals surface area contributed by atoms with Crippen molar-refractivity contribution in [3.8, 4) is 28.3 Å². The van der Waals surface area contributed by atoms with Crippen LogP contribution in [0.25, 0.3) is 61.0 Å². The van der Waals surface area contributed by atoms with Crippen LogP contribution in [0, 0.1) is 0 Å². The number of benzene rings is 5. The molecular formula is C32H23BN3P. The average Bonchev–Trinajstić information content (AvgIpc) is 3.31. The van der Waals surface area contributed by atoms with Gasteiger partial charge in [0.2, 0.25) is 5.95 Å². The Balaban J connectivity index is 1.47. The minimum Gasteiger partial charge on any atom is -0.278 e. The van der Waals surface area contributed by atoms with Gasteiger partial charge in [-0.1, -0.05) is 109 Å². The fraction of sp³-hybridized carbons (Fsp3) is 0. The van der Waals surface area contributed by atoms with Crippen LogP contribution in [0.3, 0.4) is 0 Å². The molecule has 174 valence electrons. The molecule has 0 saturated heterocycles. The summed E-state index contributed by atoms with van der Waals surface area (Å²) < 4.78 is 9.93. The van der Waals surface area contributed by atoms with Crippen molar-refractivity contribution in [1.29, 1.82) is 1.28 Å². The second kappa shape index (κ2) is 8.99. The summed E-state index contributed by atoms with van der Waals surface area (Å²) in [5.74, 6) is 0.655. The van der Waals surface area contributed by atoms with Gasteiger partial charge in [-0.05, 0) is 29.3 Å².